The van der Waals surface area contributed by atoms with Gasteiger partial charge in [0.1, 0.15) is 0 Å². The minimum absolute atomic E-state index is 0.916. The predicted octanol–water partition coefficient (Wildman–Crippen LogP) is 3.32. The SMILES string of the molecule is CCCC[SiH](C=CN(CC)CC)c1ccccc1. The van der Waals surface area contributed by atoms with Crippen LogP contribution in [0, 0.1) is 0 Å². The van der Waals surface area contributed by atoms with Gasteiger partial charge in [-0.05, 0) is 20.0 Å². The van der Waals surface area contributed by atoms with E-state index in [1.165, 1.54) is 18.9 Å². The van der Waals surface area contributed by atoms with Gasteiger partial charge in [0.15, 0.2) is 0 Å². The van der Waals surface area contributed by atoms with Gasteiger partial charge in [0.05, 0.1) is 8.80 Å². The topological polar surface area (TPSA) is 3.24 Å². The van der Waals surface area contributed by atoms with Gasteiger partial charge >= 0.3 is 0 Å². The van der Waals surface area contributed by atoms with E-state index in [1.807, 2.05) is 0 Å². The minimum Gasteiger partial charge on any atom is -0.379 e. The van der Waals surface area contributed by atoms with Crippen molar-refractivity contribution in [2.45, 2.75) is 39.7 Å². The first kappa shape index (κ1) is 15.0. The monoisotopic (exact) mass is 261 g/mol. The lowest BCUT2D eigenvalue weighted by Gasteiger charge is -2.17. The summed E-state index contributed by atoms with van der Waals surface area (Å²) in [5, 5.41) is 1.58. The lowest BCUT2D eigenvalue weighted by molar-refractivity contribution is 0.419. The molecule has 1 aromatic rings. The Kier molecular flexibility index (Phi) is 7.50. The van der Waals surface area contributed by atoms with Crippen molar-refractivity contribution in [2.24, 2.45) is 0 Å². The highest BCUT2D eigenvalue weighted by Crippen LogP contribution is 2.04. The number of unbranched alkanes of at least 4 members (excludes halogenated alkanes) is 1. The third-order valence-corrected chi connectivity index (χ3v) is 6.35. The third kappa shape index (κ3) is 5.09. The highest BCUT2D eigenvalue weighted by atomic mass is 28.3. The fourth-order valence-corrected chi connectivity index (χ4v) is 4.92. The fourth-order valence-electron chi connectivity index (χ4n) is 2.16. The maximum Gasteiger partial charge on any atom is 0.0958 e. The smallest absolute Gasteiger partial charge is 0.0958 e. The van der Waals surface area contributed by atoms with Crippen LogP contribution < -0.4 is 5.19 Å². The van der Waals surface area contributed by atoms with Crippen LogP contribution in [0.1, 0.15) is 33.6 Å². The zero-order valence-electron chi connectivity index (χ0n) is 12.1. The summed E-state index contributed by atoms with van der Waals surface area (Å²) in [6, 6.07) is 12.5. The van der Waals surface area contributed by atoms with Gasteiger partial charge in [-0.15, -0.1) is 0 Å². The van der Waals surface area contributed by atoms with Crippen LogP contribution >= 0.6 is 0 Å². The molecule has 0 spiro atoms. The van der Waals surface area contributed by atoms with Crippen molar-refractivity contribution < 1.29 is 0 Å². The molecule has 0 N–H and O–H groups in total. The Balaban J connectivity index is 2.72. The van der Waals surface area contributed by atoms with Gasteiger partial charge in [-0.25, -0.2) is 0 Å². The Hall–Kier alpha value is -1.02. The zero-order valence-corrected chi connectivity index (χ0v) is 13.3. The molecular weight excluding hydrogens is 234 g/mol. The van der Waals surface area contributed by atoms with Crippen molar-refractivity contribution in [3.8, 4) is 0 Å². The number of rotatable bonds is 8. The van der Waals surface area contributed by atoms with E-state index >= 15 is 0 Å². The molecule has 1 unspecified atom stereocenters. The lowest BCUT2D eigenvalue weighted by atomic mass is 10.4. The summed E-state index contributed by atoms with van der Waals surface area (Å²) >= 11 is 0. The number of benzene rings is 1. The molecule has 0 amide bonds. The average Bonchev–Trinajstić information content (AvgIpc) is 2.44. The van der Waals surface area contributed by atoms with Crippen LogP contribution in [-0.2, 0) is 0 Å². The molecule has 18 heavy (non-hydrogen) atoms. The number of hydrogen-bond donors (Lipinski definition) is 0. The first-order valence-electron chi connectivity index (χ1n) is 7.29. The molecule has 0 heterocycles. The number of nitrogens with zero attached hydrogens (tertiary/aromatic N) is 1. The molecule has 0 aromatic heterocycles. The molecule has 0 aliphatic rings. The van der Waals surface area contributed by atoms with E-state index in [1.54, 1.807) is 5.19 Å². The summed E-state index contributed by atoms with van der Waals surface area (Å²) < 4.78 is 0. The van der Waals surface area contributed by atoms with Gasteiger partial charge in [0, 0.05) is 13.1 Å². The average molecular weight is 261 g/mol. The van der Waals surface area contributed by atoms with Crippen LogP contribution in [0.25, 0.3) is 0 Å². The Morgan fingerprint density at radius 2 is 1.72 bits per heavy atom. The minimum atomic E-state index is -0.916. The molecule has 1 rings (SSSR count). The van der Waals surface area contributed by atoms with Crippen molar-refractivity contribution in [3.05, 3.63) is 42.2 Å². The zero-order chi connectivity index (χ0) is 13.2. The molecule has 0 saturated heterocycles. The molecule has 2 heteroatoms. The van der Waals surface area contributed by atoms with Gasteiger partial charge in [-0.2, -0.15) is 0 Å². The molecule has 0 aliphatic heterocycles. The maximum atomic E-state index is 2.51. The third-order valence-electron chi connectivity index (χ3n) is 3.44. The second-order valence-corrected chi connectivity index (χ2v) is 7.56. The summed E-state index contributed by atoms with van der Waals surface area (Å²) in [6.07, 6.45) is 4.99. The maximum absolute atomic E-state index is 2.51. The van der Waals surface area contributed by atoms with E-state index in [0.717, 1.165) is 13.1 Å². The van der Waals surface area contributed by atoms with Gasteiger partial charge in [0.2, 0.25) is 0 Å². The molecule has 0 bridgehead atoms. The predicted molar refractivity (Wildman–Crippen MR) is 85.0 cm³/mol. The van der Waals surface area contributed by atoms with E-state index in [-0.39, 0.29) is 0 Å². The largest absolute Gasteiger partial charge is 0.379 e. The second kappa shape index (κ2) is 8.98. The molecule has 0 radical (unpaired) electrons. The van der Waals surface area contributed by atoms with E-state index in [4.69, 9.17) is 0 Å². The summed E-state index contributed by atoms with van der Waals surface area (Å²) in [5.41, 5.74) is 2.51. The molecule has 1 atom stereocenters. The molecule has 1 nitrogen and oxygen atoms in total. The first-order valence-corrected chi connectivity index (χ1v) is 9.35. The van der Waals surface area contributed by atoms with Crippen LogP contribution in [0.5, 0.6) is 0 Å². The standard InChI is InChI=1S/C16H27NSi/c1-4-7-14-18(15-13-17(5-2)6-3)16-11-9-8-10-12-16/h8-13,15,18H,4-7,14H2,1-3H3. The van der Waals surface area contributed by atoms with E-state index in [0.29, 0.717) is 0 Å². The van der Waals surface area contributed by atoms with Crippen molar-refractivity contribution in [1.29, 1.82) is 0 Å². The van der Waals surface area contributed by atoms with Crippen LogP contribution in [-0.4, -0.2) is 26.8 Å². The summed E-state index contributed by atoms with van der Waals surface area (Å²) in [4.78, 5) is 2.38. The normalized spacial score (nSPS) is 12.8. The molecule has 0 fully saturated rings. The Bertz CT molecular complexity index is 330. The first-order chi connectivity index (χ1) is 8.81. The Labute approximate surface area is 114 Å². The highest BCUT2D eigenvalue weighted by Gasteiger charge is 2.09. The Morgan fingerprint density at radius 1 is 1.06 bits per heavy atom. The quantitative estimate of drug-likeness (QED) is 0.649. The fraction of sp³-hybridized carbons (Fsp3) is 0.500. The molecule has 0 saturated carbocycles. The van der Waals surface area contributed by atoms with Crippen molar-refractivity contribution >= 4 is 14.0 Å². The van der Waals surface area contributed by atoms with Crippen molar-refractivity contribution in [2.75, 3.05) is 13.1 Å². The Morgan fingerprint density at radius 3 is 2.28 bits per heavy atom. The van der Waals surface area contributed by atoms with Crippen molar-refractivity contribution in [1.82, 2.24) is 4.90 Å². The van der Waals surface area contributed by atoms with E-state index in [9.17, 15) is 0 Å². The molecule has 0 aliphatic carbocycles. The summed E-state index contributed by atoms with van der Waals surface area (Å²) in [5.74, 6) is 0. The van der Waals surface area contributed by atoms with Gasteiger partial charge in [0.25, 0.3) is 0 Å². The lowest BCUT2D eigenvalue weighted by Crippen LogP contribution is -2.29. The van der Waals surface area contributed by atoms with E-state index in [2.05, 4.69) is 67.9 Å². The molecule has 100 valence electrons. The number of hydrogen-bond acceptors (Lipinski definition) is 1. The van der Waals surface area contributed by atoms with Crippen molar-refractivity contribution in [3.63, 3.8) is 0 Å². The molecule has 1 aromatic carbocycles. The summed E-state index contributed by atoms with van der Waals surface area (Å²) in [7, 11) is -0.916. The van der Waals surface area contributed by atoms with Crippen LogP contribution in [0.2, 0.25) is 6.04 Å². The van der Waals surface area contributed by atoms with Gasteiger partial charge in [-0.3, -0.25) is 0 Å². The second-order valence-electron chi connectivity index (χ2n) is 4.72. The van der Waals surface area contributed by atoms with E-state index < -0.39 is 8.80 Å². The van der Waals surface area contributed by atoms with Gasteiger partial charge < -0.3 is 4.90 Å². The molecular formula is C16H27NSi. The van der Waals surface area contributed by atoms with Crippen LogP contribution in [0.3, 0.4) is 0 Å². The highest BCUT2D eigenvalue weighted by molar-refractivity contribution is 6.77. The van der Waals surface area contributed by atoms with Crippen LogP contribution in [0.15, 0.2) is 42.2 Å². The van der Waals surface area contributed by atoms with Crippen LogP contribution in [0.4, 0.5) is 0 Å². The van der Waals surface area contributed by atoms with Gasteiger partial charge in [-0.1, -0.05) is 67.0 Å². The summed E-state index contributed by atoms with van der Waals surface area (Å²) in [6.45, 7) is 8.94.